The lowest BCUT2D eigenvalue weighted by molar-refractivity contribution is -0.192. The van der Waals surface area contributed by atoms with Crippen molar-refractivity contribution in [2.75, 3.05) is 6.61 Å². The number of ether oxygens (including phenoxy) is 1. The number of ketones is 1. The van der Waals surface area contributed by atoms with Gasteiger partial charge in [-0.15, -0.1) is 0 Å². The summed E-state index contributed by atoms with van der Waals surface area (Å²) in [5, 5.41) is 4.34. The van der Waals surface area contributed by atoms with Crippen LogP contribution in [0.5, 0.6) is 5.75 Å². The summed E-state index contributed by atoms with van der Waals surface area (Å²) in [5.41, 5.74) is -1.87. The first-order valence-corrected chi connectivity index (χ1v) is 13.0. The molecule has 0 aliphatic rings. The van der Waals surface area contributed by atoms with E-state index in [-0.39, 0.29) is 29.9 Å². The van der Waals surface area contributed by atoms with Gasteiger partial charge in [0, 0.05) is 23.7 Å². The fraction of sp³-hybridized carbons (Fsp3) is 0.500. The van der Waals surface area contributed by atoms with Crippen molar-refractivity contribution in [1.82, 2.24) is 0 Å². The van der Waals surface area contributed by atoms with Crippen LogP contribution in [0.2, 0.25) is 0 Å². The second kappa shape index (κ2) is 12.9. The third kappa shape index (κ3) is 9.14. The highest BCUT2D eigenvalue weighted by molar-refractivity contribution is 7.83. The quantitative estimate of drug-likeness (QED) is 0.166. The molecule has 11 heteroatoms. The van der Waals surface area contributed by atoms with Gasteiger partial charge in [0.2, 0.25) is 0 Å². The Bertz CT molecular complexity index is 1040. The van der Waals surface area contributed by atoms with Crippen LogP contribution >= 0.6 is 0 Å². The summed E-state index contributed by atoms with van der Waals surface area (Å²) >= 11 is 0. The van der Waals surface area contributed by atoms with E-state index in [1.54, 1.807) is 19.1 Å². The maximum atomic E-state index is 14.7. The van der Waals surface area contributed by atoms with Gasteiger partial charge in [-0.1, -0.05) is 42.0 Å². The second-order valence-corrected chi connectivity index (χ2v) is 10.6. The van der Waals surface area contributed by atoms with E-state index in [4.69, 9.17) is 9.88 Å². The number of nitrogens with two attached hydrogens (primary N) is 1. The monoisotopic (exact) mass is 551 g/mol. The molecule has 2 N–H and O–H groups in total. The smallest absolute Gasteiger partial charge is 0.398 e. The van der Waals surface area contributed by atoms with Gasteiger partial charge in [0.25, 0.3) is 0 Å². The largest absolute Gasteiger partial charge is 0.494 e. The predicted octanol–water partition coefficient (Wildman–Crippen LogP) is 6.97. The summed E-state index contributed by atoms with van der Waals surface area (Å²) in [6.45, 7) is 3.23. The van der Waals surface area contributed by atoms with Crippen molar-refractivity contribution in [2.24, 2.45) is 5.14 Å². The maximum Gasteiger partial charge on any atom is 0.398 e. The van der Waals surface area contributed by atoms with E-state index in [9.17, 15) is 35.3 Å². The molecular formula is C26H31F6NO3S. The number of aryl methyl sites for hydroxylation is 1. The van der Waals surface area contributed by atoms with Crippen LogP contribution in [0.25, 0.3) is 0 Å². The number of carbonyl (C=O) groups is 1. The van der Waals surface area contributed by atoms with Crippen LogP contribution in [0.1, 0.15) is 66.9 Å². The SMILES string of the molecule is Cc1ccc(C(=O)C[C@](CC(C)S(N)=O)(c2ccc(OCCCCCC(F)(F)F)cc2)C(F)(F)F)cc1. The molecule has 0 radical (unpaired) electrons. The van der Waals surface area contributed by atoms with E-state index >= 15 is 0 Å². The number of hydrogen-bond acceptors (Lipinski definition) is 3. The highest BCUT2D eigenvalue weighted by Gasteiger charge is 2.57. The van der Waals surface area contributed by atoms with Crippen molar-refractivity contribution >= 4 is 16.8 Å². The molecule has 0 aliphatic carbocycles. The van der Waals surface area contributed by atoms with Gasteiger partial charge < -0.3 is 4.74 Å². The first-order valence-electron chi connectivity index (χ1n) is 11.8. The van der Waals surface area contributed by atoms with Crippen LogP contribution in [0.15, 0.2) is 48.5 Å². The molecule has 2 unspecified atom stereocenters. The molecule has 0 bridgehead atoms. The molecule has 4 nitrogen and oxygen atoms in total. The van der Waals surface area contributed by atoms with Crippen LogP contribution in [0.4, 0.5) is 26.3 Å². The zero-order chi connectivity index (χ0) is 27.9. The highest BCUT2D eigenvalue weighted by atomic mass is 32.2. The van der Waals surface area contributed by atoms with E-state index in [1.807, 2.05) is 0 Å². The second-order valence-electron chi connectivity index (χ2n) is 9.19. The van der Waals surface area contributed by atoms with Gasteiger partial charge in [-0.05, 0) is 57.2 Å². The van der Waals surface area contributed by atoms with Crippen molar-refractivity contribution in [3.05, 3.63) is 65.2 Å². The first kappa shape index (κ1) is 30.8. The summed E-state index contributed by atoms with van der Waals surface area (Å²) in [7, 11) is -2.05. The Balaban J connectivity index is 2.27. The zero-order valence-electron chi connectivity index (χ0n) is 20.6. The Morgan fingerprint density at radius 2 is 1.54 bits per heavy atom. The average Bonchev–Trinajstić information content (AvgIpc) is 2.80. The average molecular weight is 552 g/mol. The first-order chi connectivity index (χ1) is 17.1. The molecule has 2 rings (SSSR count). The Hall–Kier alpha value is -2.40. The fourth-order valence-corrected chi connectivity index (χ4v) is 4.47. The molecule has 0 aromatic heterocycles. The van der Waals surface area contributed by atoms with Crippen molar-refractivity contribution in [3.8, 4) is 5.75 Å². The van der Waals surface area contributed by atoms with Crippen molar-refractivity contribution < 1.29 is 40.1 Å². The molecule has 0 saturated carbocycles. The van der Waals surface area contributed by atoms with Crippen LogP contribution < -0.4 is 9.88 Å². The van der Waals surface area contributed by atoms with Crippen LogP contribution in [0, 0.1) is 6.92 Å². The Morgan fingerprint density at radius 3 is 2.05 bits per heavy atom. The lowest BCUT2D eigenvalue weighted by atomic mass is 9.71. The van der Waals surface area contributed by atoms with E-state index in [0.717, 1.165) is 5.56 Å². The molecule has 0 saturated heterocycles. The normalized spacial score (nSPS) is 15.6. The molecule has 2 aromatic carbocycles. The van der Waals surface area contributed by atoms with E-state index in [2.05, 4.69) is 0 Å². The van der Waals surface area contributed by atoms with Crippen LogP contribution in [-0.2, 0) is 16.4 Å². The highest BCUT2D eigenvalue weighted by Crippen LogP contribution is 2.48. The number of Topliss-reactive ketones (excluding diaryl/α,β-unsaturated/α-hetero) is 1. The predicted molar refractivity (Wildman–Crippen MR) is 131 cm³/mol. The van der Waals surface area contributed by atoms with Gasteiger partial charge >= 0.3 is 12.4 Å². The summed E-state index contributed by atoms with van der Waals surface area (Å²) in [5.74, 6) is -0.470. The van der Waals surface area contributed by atoms with Crippen LogP contribution in [0.3, 0.4) is 0 Å². The van der Waals surface area contributed by atoms with E-state index < -0.39 is 59.0 Å². The standard InChI is InChI=1S/C26H31F6NO3S/c1-18-6-8-20(9-7-18)23(34)17-24(26(30,31)32,16-19(2)37(33)35)21-10-12-22(13-11-21)36-15-5-3-4-14-25(27,28)29/h6-13,19H,3-5,14-17,33H2,1-2H3/t19?,24-,37?/m1/s1. The molecule has 0 heterocycles. The lowest BCUT2D eigenvalue weighted by Crippen LogP contribution is -2.47. The number of rotatable bonds is 13. The molecule has 0 fully saturated rings. The zero-order valence-corrected chi connectivity index (χ0v) is 21.4. The topological polar surface area (TPSA) is 69.4 Å². The summed E-state index contributed by atoms with van der Waals surface area (Å²) in [6, 6.07) is 11.3. The number of unbranched alkanes of at least 4 members (excludes halogenated alkanes) is 2. The van der Waals surface area contributed by atoms with E-state index in [0.29, 0.717) is 12.8 Å². The maximum absolute atomic E-state index is 14.7. The molecule has 37 heavy (non-hydrogen) atoms. The Morgan fingerprint density at radius 1 is 0.946 bits per heavy atom. The minimum absolute atomic E-state index is 0.0321. The lowest BCUT2D eigenvalue weighted by Gasteiger charge is -2.37. The molecule has 3 atom stereocenters. The molecule has 206 valence electrons. The minimum atomic E-state index is -4.87. The Labute approximate surface area is 215 Å². The number of alkyl halides is 6. The van der Waals surface area contributed by atoms with Gasteiger partial charge in [-0.25, -0.2) is 4.21 Å². The molecular weight excluding hydrogens is 520 g/mol. The van der Waals surface area contributed by atoms with Crippen molar-refractivity contribution in [1.29, 1.82) is 0 Å². The molecule has 2 aromatic rings. The van der Waals surface area contributed by atoms with Gasteiger partial charge in [-0.3, -0.25) is 9.93 Å². The molecule has 0 amide bonds. The van der Waals surface area contributed by atoms with Crippen molar-refractivity contribution in [3.63, 3.8) is 0 Å². The number of carbonyl (C=O) groups excluding carboxylic acids is 1. The third-order valence-electron chi connectivity index (χ3n) is 6.19. The molecule has 0 aliphatic heterocycles. The third-order valence-corrected chi connectivity index (χ3v) is 7.15. The van der Waals surface area contributed by atoms with Gasteiger partial charge in [0.15, 0.2) is 5.78 Å². The summed E-state index contributed by atoms with van der Waals surface area (Å²) < 4.78 is 98.1. The summed E-state index contributed by atoms with van der Waals surface area (Å²) in [4.78, 5) is 13.0. The number of benzene rings is 2. The molecule has 0 spiro atoms. The van der Waals surface area contributed by atoms with Crippen molar-refractivity contribution in [2.45, 2.75) is 75.4 Å². The van der Waals surface area contributed by atoms with Crippen LogP contribution in [-0.4, -0.2) is 34.2 Å². The fourth-order valence-electron chi connectivity index (χ4n) is 4.02. The van der Waals surface area contributed by atoms with E-state index in [1.165, 1.54) is 43.3 Å². The number of halogens is 6. The van der Waals surface area contributed by atoms with Gasteiger partial charge in [0.05, 0.1) is 23.0 Å². The number of hydrogen-bond donors (Lipinski definition) is 1. The minimum Gasteiger partial charge on any atom is -0.494 e. The van der Waals surface area contributed by atoms with Gasteiger partial charge in [0.1, 0.15) is 5.75 Å². The Kier molecular flexibility index (Phi) is 10.8. The van der Waals surface area contributed by atoms with Gasteiger partial charge in [-0.2, -0.15) is 26.3 Å². The summed E-state index contributed by atoms with van der Waals surface area (Å²) in [6.07, 6.45) is -10.9.